The van der Waals surface area contributed by atoms with E-state index in [1.807, 2.05) is 6.92 Å². The minimum Gasteiger partial charge on any atom is -0.395 e. The molecule has 6 nitrogen and oxygen atoms in total. The number of amides is 1. The molecule has 0 aliphatic carbocycles. The fraction of sp³-hybridized carbons (Fsp3) is 0.455. The predicted octanol–water partition coefficient (Wildman–Crippen LogP) is -0.501. The molecule has 0 bridgehead atoms. The van der Waals surface area contributed by atoms with Crippen LogP contribution >= 0.6 is 0 Å². The first-order valence-electron chi connectivity index (χ1n) is 5.50. The number of rotatable bonds is 6. The van der Waals surface area contributed by atoms with Crippen LogP contribution in [0.5, 0.6) is 0 Å². The highest BCUT2D eigenvalue weighted by Gasteiger charge is 2.06. The number of aliphatic hydroxyl groups excluding tert-OH is 1. The Morgan fingerprint density at radius 2 is 2.35 bits per heavy atom. The van der Waals surface area contributed by atoms with E-state index in [1.165, 1.54) is 6.20 Å². The largest absolute Gasteiger partial charge is 0.395 e. The van der Waals surface area contributed by atoms with Gasteiger partial charge in [-0.3, -0.25) is 20.1 Å². The molecular weight excluding hydrogens is 220 g/mol. The summed E-state index contributed by atoms with van der Waals surface area (Å²) in [6.45, 7) is 4.26. The lowest BCUT2D eigenvalue weighted by Crippen LogP contribution is -2.30. The Labute approximate surface area is 100 Å². The van der Waals surface area contributed by atoms with Gasteiger partial charge >= 0.3 is 0 Å². The molecule has 4 N–H and O–H groups in total. The van der Waals surface area contributed by atoms with Gasteiger partial charge in [0.1, 0.15) is 0 Å². The van der Waals surface area contributed by atoms with Crippen LogP contribution in [0.15, 0.2) is 18.3 Å². The van der Waals surface area contributed by atoms with Crippen LogP contribution in [0.2, 0.25) is 0 Å². The monoisotopic (exact) mass is 238 g/mol. The van der Waals surface area contributed by atoms with Gasteiger partial charge in [0.15, 0.2) is 0 Å². The van der Waals surface area contributed by atoms with Gasteiger partial charge in [-0.25, -0.2) is 5.84 Å². The van der Waals surface area contributed by atoms with E-state index in [2.05, 4.69) is 15.3 Å². The molecule has 1 rings (SSSR count). The number of aliphatic hydroxyl groups is 1. The third-order valence-electron chi connectivity index (χ3n) is 2.47. The van der Waals surface area contributed by atoms with E-state index in [-0.39, 0.29) is 12.5 Å². The Kier molecular flexibility index (Phi) is 5.55. The van der Waals surface area contributed by atoms with Gasteiger partial charge in [0.05, 0.1) is 17.9 Å². The summed E-state index contributed by atoms with van der Waals surface area (Å²) in [5, 5.41) is 8.87. The second kappa shape index (κ2) is 6.95. The molecule has 1 heterocycles. The van der Waals surface area contributed by atoms with Gasteiger partial charge in [0.2, 0.25) is 0 Å². The molecule has 1 amide bonds. The number of nitrogens with zero attached hydrogens (tertiary/aromatic N) is 2. The molecule has 0 saturated heterocycles. The van der Waals surface area contributed by atoms with Gasteiger partial charge in [0, 0.05) is 19.3 Å². The average Bonchev–Trinajstić information content (AvgIpc) is 2.38. The van der Waals surface area contributed by atoms with Crippen LogP contribution in [0.4, 0.5) is 0 Å². The third-order valence-corrected chi connectivity index (χ3v) is 2.47. The lowest BCUT2D eigenvalue weighted by molar-refractivity contribution is 0.0953. The molecule has 0 aliphatic rings. The Morgan fingerprint density at radius 1 is 1.59 bits per heavy atom. The average molecular weight is 238 g/mol. The van der Waals surface area contributed by atoms with Crippen LogP contribution < -0.4 is 11.3 Å². The smallest absolute Gasteiger partial charge is 0.266 e. The van der Waals surface area contributed by atoms with Crippen LogP contribution in [0.3, 0.4) is 0 Å². The summed E-state index contributed by atoms with van der Waals surface area (Å²) < 4.78 is 0. The Morgan fingerprint density at radius 3 is 2.82 bits per heavy atom. The standard InChI is InChI=1S/C11H18N4O2/c1-2-15(5-6-16)8-10-4-3-9(7-13-10)11(17)14-12/h3-4,7,16H,2,5-6,8,12H2,1H3,(H,14,17). The fourth-order valence-corrected chi connectivity index (χ4v) is 1.46. The van der Waals surface area contributed by atoms with Crippen molar-refractivity contribution in [2.45, 2.75) is 13.5 Å². The molecule has 1 aromatic rings. The molecule has 0 aromatic carbocycles. The van der Waals surface area contributed by atoms with Crippen molar-refractivity contribution in [3.63, 3.8) is 0 Å². The van der Waals surface area contributed by atoms with E-state index < -0.39 is 0 Å². The minimum atomic E-state index is -0.355. The molecule has 17 heavy (non-hydrogen) atoms. The number of hydrogen-bond acceptors (Lipinski definition) is 5. The Hall–Kier alpha value is -1.50. The summed E-state index contributed by atoms with van der Waals surface area (Å²) >= 11 is 0. The van der Waals surface area contributed by atoms with Crippen LogP contribution in [-0.4, -0.2) is 40.6 Å². The van der Waals surface area contributed by atoms with Gasteiger partial charge in [-0.2, -0.15) is 0 Å². The second-order valence-electron chi connectivity index (χ2n) is 3.60. The Balaban J connectivity index is 2.64. The zero-order valence-corrected chi connectivity index (χ0v) is 9.89. The first-order chi connectivity index (χ1) is 8.21. The zero-order chi connectivity index (χ0) is 12.7. The lowest BCUT2D eigenvalue weighted by atomic mass is 10.2. The molecule has 0 saturated carbocycles. The van der Waals surface area contributed by atoms with Crippen molar-refractivity contribution >= 4 is 5.91 Å². The molecule has 0 aliphatic heterocycles. The van der Waals surface area contributed by atoms with Gasteiger partial charge in [0.25, 0.3) is 5.91 Å². The van der Waals surface area contributed by atoms with E-state index in [4.69, 9.17) is 10.9 Å². The highest BCUT2D eigenvalue weighted by Crippen LogP contribution is 2.03. The van der Waals surface area contributed by atoms with Crippen LogP contribution in [-0.2, 0) is 6.54 Å². The van der Waals surface area contributed by atoms with Crippen molar-refractivity contribution in [1.29, 1.82) is 0 Å². The minimum absolute atomic E-state index is 0.126. The molecule has 0 atom stereocenters. The van der Waals surface area contributed by atoms with Crippen LogP contribution in [0.1, 0.15) is 23.0 Å². The van der Waals surface area contributed by atoms with E-state index in [0.29, 0.717) is 18.7 Å². The highest BCUT2D eigenvalue weighted by molar-refractivity contribution is 5.93. The SMILES string of the molecule is CCN(CCO)Cc1ccc(C(=O)NN)cn1. The number of nitrogen functional groups attached to an aromatic ring is 1. The number of nitrogens with two attached hydrogens (primary N) is 1. The van der Waals surface area contributed by atoms with Gasteiger partial charge in [-0.15, -0.1) is 0 Å². The van der Waals surface area contributed by atoms with E-state index in [0.717, 1.165) is 12.2 Å². The first kappa shape index (κ1) is 13.6. The lowest BCUT2D eigenvalue weighted by Gasteiger charge is -2.18. The molecule has 0 spiro atoms. The molecule has 6 heteroatoms. The summed E-state index contributed by atoms with van der Waals surface area (Å²) in [7, 11) is 0. The number of nitrogens with one attached hydrogen (secondary N) is 1. The van der Waals surface area contributed by atoms with Crippen molar-refractivity contribution in [3.8, 4) is 0 Å². The molecular formula is C11H18N4O2. The van der Waals surface area contributed by atoms with E-state index in [1.54, 1.807) is 12.1 Å². The van der Waals surface area contributed by atoms with Gasteiger partial charge in [-0.1, -0.05) is 6.92 Å². The van der Waals surface area contributed by atoms with Crippen molar-refractivity contribution in [1.82, 2.24) is 15.3 Å². The maximum atomic E-state index is 11.2. The predicted molar refractivity (Wildman–Crippen MR) is 63.9 cm³/mol. The molecule has 94 valence electrons. The van der Waals surface area contributed by atoms with Crippen molar-refractivity contribution in [2.24, 2.45) is 5.84 Å². The number of likely N-dealkylation sites (N-methyl/N-ethyl adjacent to an activating group) is 1. The summed E-state index contributed by atoms with van der Waals surface area (Å²) in [5.74, 6) is 4.67. The second-order valence-corrected chi connectivity index (χ2v) is 3.60. The summed E-state index contributed by atoms with van der Waals surface area (Å²) in [4.78, 5) is 17.4. The third kappa shape index (κ3) is 4.10. The van der Waals surface area contributed by atoms with E-state index in [9.17, 15) is 4.79 Å². The Bertz CT molecular complexity index is 353. The quantitative estimate of drug-likeness (QED) is 0.353. The van der Waals surface area contributed by atoms with Crippen LogP contribution in [0, 0.1) is 0 Å². The highest BCUT2D eigenvalue weighted by atomic mass is 16.3. The molecule has 0 unspecified atom stereocenters. The first-order valence-corrected chi connectivity index (χ1v) is 5.50. The summed E-state index contributed by atoms with van der Waals surface area (Å²) in [5.41, 5.74) is 3.34. The number of aromatic nitrogens is 1. The summed E-state index contributed by atoms with van der Waals surface area (Å²) in [6.07, 6.45) is 1.49. The number of carbonyl (C=O) groups excluding carboxylic acids is 1. The van der Waals surface area contributed by atoms with E-state index >= 15 is 0 Å². The van der Waals surface area contributed by atoms with Crippen molar-refractivity contribution in [3.05, 3.63) is 29.6 Å². The maximum absolute atomic E-state index is 11.2. The number of hydrazine groups is 1. The molecule has 0 fully saturated rings. The number of hydrogen-bond donors (Lipinski definition) is 3. The van der Waals surface area contributed by atoms with Crippen LogP contribution in [0.25, 0.3) is 0 Å². The fourth-order valence-electron chi connectivity index (χ4n) is 1.46. The molecule has 0 radical (unpaired) electrons. The van der Waals surface area contributed by atoms with Gasteiger partial charge in [-0.05, 0) is 18.7 Å². The molecule has 1 aromatic heterocycles. The maximum Gasteiger partial charge on any atom is 0.266 e. The van der Waals surface area contributed by atoms with Crippen molar-refractivity contribution in [2.75, 3.05) is 19.7 Å². The summed E-state index contributed by atoms with van der Waals surface area (Å²) in [6, 6.07) is 3.46. The topological polar surface area (TPSA) is 91.5 Å². The number of carbonyl (C=O) groups is 1. The van der Waals surface area contributed by atoms with Crippen molar-refractivity contribution < 1.29 is 9.90 Å². The number of pyridine rings is 1. The normalized spacial score (nSPS) is 10.6. The zero-order valence-electron chi connectivity index (χ0n) is 9.89. The van der Waals surface area contributed by atoms with Gasteiger partial charge < -0.3 is 5.11 Å².